The standard InChI is InChI=1S/C16H23NO3/c1-12(16(18)17-13-8-4-3-5-9-13)20-15-11-7-6-10-14(15)19-2/h6-7,10-13H,3-5,8-9H2,1-2H3,(H,17,18). The molecule has 0 spiro atoms. The van der Waals surface area contributed by atoms with E-state index >= 15 is 0 Å². The van der Waals surface area contributed by atoms with Crippen LogP contribution in [0.1, 0.15) is 39.0 Å². The van der Waals surface area contributed by atoms with Crippen molar-refractivity contribution in [1.82, 2.24) is 5.32 Å². The minimum absolute atomic E-state index is 0.0530. The van der Waals surface area contributed by atoms with Crippen molar-refractivity contribution in [2.45, 2.75) is 51.2 Å². The molecule has 1 unspecified atom stereocenters. The maximum Gasteiger partial charge on any atom is 0.260 e. The number of methoxy groups -OCH3 is 1. The van der Waals surface area contributed by atoms with Gasteiger partial charge in [-0.05, 0) is 31.9 Å². The normalized spacial score (nSPS) is 17.3. The number of carbonyl (C=O) groups excluding carboxylic acids is 1. The van der Waals surface area contributed by atoms with Crippen LogP contribution < -0.4 is 14.8 Å². The first-order valence-corrected chi connectivity index (χ1v) is 7.30. The Labute approximate surface area is 120 Å². The monoisotopic (exact) mass is 277 g/mol. The first-order chi connectivity index (χ1) is 9.70. The molecule has 1 aliphatic carbocycles. The summed E-state index contributed by atoms with van der Waals surface area (Å²) in [5.74, 6) is 1.19. The van der Waals surface area contributed by atoms with E-state index in [1.165, 1.54) is 19.3 Å². The van der Waals surface area contributed by atoms with E-state index in [4.69, 9.17) is 9.47 Å². The van der Waals surface area contributed by atoms with Crippen molar-refractivity contribution in [3.8, 4) is 11.5 Å². The lowest BCUT2D eigenvalue weighted by Crippen LogP contribution is -2.43. The molecule has 4 heteroatoms. The molecule has 0 aliphatic heterocycles. The van der Waals surface area contributed by atoms with Crippen molar-refractivity contribution >= 4 is 5.91 Å². The molecule has 1 N–H and O–H groups in total. The Morgan fingerprint density at radius 3 is 2.50 bits per heavy atom. The Morgan fingerprint density at radius 1 is 1.20 bits per heavy atom. The number of ether oxygens (including phenoxy) is 2. The fraction of sp³-hybridized carbons (Fsp3) is 0.562. The molecule has 1 fully saturated rings. The van der Waals surface area contributed by atoms with Gasteiger partial charge in [-0.15, -0.1) is 0 Å². The number of carbonyl (C=O) groups is 1. The summed E-state index contributed by atoms with van der Waals surface area (Å²) >= 11 is 0. The highest BCUT2D eigenvalue weighted by molar-refractivity contribution is 5.81. The van der Waals surface area contributed by atoms with Gasteiger partial charge < -0.3 is 14.8 Å². The van der Waals surface area contributed by atoms with Crippen molar-refractivity contribution in [3.63, 3.8) is 0 Å². The van der Waals surface area contributed by atoms with E-state index in [0.717, 1.165) is 12.8 Å². The average molecular weight is 277 g/mol. The number of benzene rings is 1. The first-order valence-electron chi connectivity index (χ1n) is 7.30. The molecular formula is C16H23NO3. The Bertz CT molecular complexity index is 441. The quantitative estimate of drug-likeness (QED) is 0.900. The zero-order chi connectivity index (χ0) is 14.4. The number of amides is 1. The number of para-hydroxylation sites is 2. The lowest BCUT2D eigenvalue weighted by molar-refractivity contribution is -0.128. The molecule has 1 aromatic carbocycles. The number of hydrogen-bond donors (Lipinski definition) is 1. The van der Waals surface area contributed by atoms with Crippen LogP contribution in [0.2, 0.25) is 0 Å². The molecule has 1 atom stereocenters. The highest BCUT2D eigenvalue weighted by atomic mass is 16.5. The van der Waals surface area contributed by atoms with Crippen LogP contribution in [0.25, 0.3) is 0 Å². The molecule has 0 saturated heterocycles. The van der Waals surface area contributed by atoms with Gasteiger partial charge in [0, 0.05) is 6.04 Å². The van der Waals surface area contributed by atoms with Gasteiger partial charge in [0.05, 0.1) is 7.11 Å². The second kappa shape index (κ2) is 7.17. The topological polar surface area (TPSA) is 47.6 Å². The van der Waals surface area contributed by atoms with E-state index in [0.29, 0.717) is 17.5 Å². The van der Waals surface area contributed by atoms with Crippen molar-refractivity contribution < 1.29 is 14.3 Å². The van der Waals surface area contributed by atoms with Gasteiger partial charge in [0.25, 0.3) is 5.91 Å². The summed E-state index contributed by atoms with van der Waals surface area (Å²) in [6.07, 6.45) is 5.31. The van der Waals surface area contributed by atoms with Crippen LogP contribution in [0.5, 0.6) is 11.5 Å². The number of nitrogens with one attached hydrogen (secondary N) is 1. The Hall–Kier alpha value is -1.71. The van der Waals surface area contributed by atoms with Crippen LogP contribution >= 0.6 is 0 Å². The van der Waals surface area contributed by atoms with E-state index < -0.39 is 6.10 Å². The predicted octanol–water partition coefficient (Wildman–Crippen LogP) is 2.91. The van der Waals surface area contributed by atoms with Gasteiger partial charge in [0.1, 0.15) is 0 Å². The smallest absolute Gasteiger partial charge is 0.260 e. The second-order valence-corrected chi connectivity index (χ2v) is 5.25. The molecule has 2 rings (SSSR count). The van der Waals surface area contributed by atoms with Crippen LogP contribution in [0.3, 0.4) is 0 Å². The Morgan fingerprint density at radius 2 is 1.85 bits per heavy atom. The number of hydrogen-bond acceptors (Lipinski definition) is 3. The molecule has 20 heavy (non-hydrogen) atoms. The summed E-state index contributed by atoms with van der Waals surface area (Å²) in [7, 11) is 1.59. The third-order valence-corrected chi connectivity index (χ3v) is 3.69. The van der Waals surface area contributed by atoms with Crippen molar-refractivity contribution in [2.75, 3.05) is 7.11 Å². The van der Waals surface area contributed by atoms with Gasteiger partial charge in [-0.25, -0.2) is 0 Å². The fourth-order valence-corrected chi connectivity index (χ4v) is 2.53. The van der Waals surface area contributed by atoms with Crippen molar-refractivity contribution in [1.29, 1.82) is 0 Å². The van der Waals surface area contributed by atoms with Crippen LogP contribution in [0.15, 0.2) is 24.3 Å². The minimum Gasteiger partial charge on any atom is -0.493 e. The molecule has 1 saturated carbocycles. The highest BCUT2D eigenvalue weighted by Gasteiger charge is 2.21. The van der Waals surface area contributed by atoms with Crippen LogP contribution in [-0.4, -0.2) is 25.2 Å². The fourth-order valence-electron chi connectivity index (χ4n) is 2.53. The molecular weight excluding hydrogens is 254 g/mol. The summed E-state index contributed by atoms with van der Waals surface area (Å²) in [4.78, 5) is 12.1. The Kier molecular flexibility index (Phi) is 5.27. The maximum absolute atomic E-state index is 12.1. The van der Waals surface area contributed by atoms with Crippen molar-refractivity contribution in [3.05, 3.63) is 24.3 Å². The summed E-state index contributed by atoms with van der Waals surface area (Å²) in [6, 6.07) is 7.67. The summed E-state index contributed by atoms with van der Waals surface area (Å²) in [5, 5.41) is 3.07. The molecule has 0 heterocycles. The van der Waals surface area contributed by atoms with E-state index in [1.54, 1.807) is 14.0 Å². The van der Waals surface area contributed by atoms with Crippen LogP contribution in [0.4, 0.5) is 0 Å². The zero-order valence-corrected chi connectivity index (χ0v) is 12.2. The van der Waals surface area contributed by atoms with E-state index in [9.17, 15) is 4.79 Å². The van der Waals surface area contributed by atoms with Crippen LogP contribution in [0, 0.1) is 0 Å². The van der Waals surface area contributed by atoms with E-state index in [-0.39, 0.29) is 5.91 Å². The molecule has 1 aliphatic rings. The first kappa shape index (κ1) is 14.7. The van der Waals surface area contributed by atoms with Gasteiger partial charge in [-0.2, -0.15) is 0 Å². The van der Waals surface area contributed by atoms with Gasteiger partial charge >= 0.3 is 0 Å². The minimum atomic E-state index is -0.520. The highest BCUT2D eigenvalue weighted by Crippen LogP contribution is 2.27. The van der Waals surface area contributed by atoms with Gasteiger partial charge in [0.15, 0.2) is 17.6 Å². The maximum atomic E-state index is 12.1. The van der Waals surface area contributed by atoms with Crippen LogP contribution in [-0.2, 0) is 4.79 Å². The molecule has 0 radical (unpaired) electrons. The zero-order valence-electron chi connectivity index (χ0n) is 12.2. The summed E-state index contributed by atoms with van der Waals surface area (Å²) in [6.45, 7) is 1.77. The van der Waals surface area contributed by atoms with Crippen molar-refractivity contribution in [2.24, 2.45) is 0 Å². The SMILES string of the molecule is COc1ccccc1OC(C)C(=O)NC1CCCCC1. The summed E-state index contributed by atoms with van der Waals surface area (Å²) < 4.78 is 10.9. The van der Waals surface area contributed by atoms with Gasteiger partial charge in [-0.3, -0.25) is 4.79 Å². The van der Waals surface area contributed by atoms with E-state index in [1.807, 2.05) is 24.3 Å². The third kappa shape index (κ3) is 3.89. The number of rotatable bonds is 5. The van der Waals surface area contributed by atoms with Gasteiger partial charge in [0.2, 0.25) is 0 Å². The lowest BCUT2D eigenvalue weighted by Gasteiger charge is -2.25. The molecule has 110 valence electrons. The molecule has 0 aromatic heterocycles. The van der Waals surface area contributed by atoms with Gasteiger partial charge in [-0.1, -0.05) is 31.4 Å². The third-order valence-electron chi connectivity index (χ3n) is 3.69. The molecule has 1 amide bonds. The average Bonchev–Trinajstić information content (AvgIpc) is 2.48. The largest absolute Gasteiger partial charge is 0.493 e. The predicted molar refractivity (Wildman–Crippen MR) is 78.1 cm³/mol. The summed E-state index contributed by atoms with van der Waals surface area (Å²) in [5.41, 5.74) is 0. The lowest BCUT2D eigenvalue weighted by atomic mass is 9.95. The molecule has 4 nitrogen and oxygen atoms in total. The van der Waals surface area contributed by atoms with E-state index in [2.05, 4.69) is 5.32 Å². The molecule has 1 aromatic rings. The second-order valence-electron chi connectivity index (χ2n) is 5.25. The Balaban J connectivity index is 1.89. The molecule has 0 bridgehead atoms.